The van der Waals surface area contributed by atoms with E-state index in [9.17, 15) is 9.00 Å². The Kier molecular flexibility index (Phi) is 4.17. The molecule has 0 bridgehead atoms. The molecule has 0 heterocycles. The summed E-state index contributed by atoms with van der Waals surface area (Å²) in [6.07, 6.45) is -0.494. The summed E-state index contributed by atoms with van der Waals surface area (Å²) in [6, 6.07) is 0. The maximum Gasteiger partial charge on any atom is 0.303 e. The van der Waals surface area contributed by atoms with Crippen molar-refractivity contribution in [2.45, 2.75) is 18.3 Å². The molecule has 2 unspecified atom stereocenters. The monoisotopic (exact) mass is 168 g/mol. The van der Waals surface area contributed by atoms with E-state index in [1.54, 1.807) is 0 Å². The number of carbonyl (C=O) groups is 1. The largest absolute Gasteiger partial charge is 0.481 e. The third-order valence-corrected chi connectivity index (χ3v) is 1.54. The van der Waals surface area contributed by atoms with Gasteiger partial charge in [0, 0.05) is 6.42 Å². The first-order chi connectivity index (χ1) is 4.54. The summed E-state index contributed by atoms with van der Waals surface area (Å²) in [5.74, 6) is -1.09. The minimum Gasteiger partial charge on any atom is -0.481 e. The van der Waals surface area contributed by atoms with Gasteiger partial charge in [-0.3, -0.25) is 4.79 Å². The number of aliphatic carboxylic acids is 1. The molecule has 0 aromatic rings. The van der Waals surface area contributed by atoms with E-state index < -0.39 is 22.5 Å². The molecule has 0 aromatic carbocycles. The minimum atomic E-state index is -2.33. The first-order valence-electron chi connectivity index (χ1n) is 2.53. The van der Waals surface area contributed by atoms with Crippen LogP contribution >= 0.6 is 0 Å². The molecule has 6 heteroatoms. The highest BCUT2D eigenvalue weighted by atomic mass is 32.2. The zero-order valence-electron chi connectivity index (χ0n) is 5.06. The summed E-state index contributed by atoms with van der Waals surface area (Å²) >= 11 is -2.33. The van der Waals surface area contributed by atoms with Gasteiger partial charge in [-0.05, 0) is 6.42 Å². The Morgan fingerprint density at radius 2 is 2.10 bits per heavy atom. The summed E-state index contributed by atoms with van der Waals surface area (Å²) in [5.41, 5.74) is -1.45. The molecule has 0 aliphatic rings. The fraction of sp³-hybridized carbons (Fsp3) is 0.750. The third-order valence-electron chi connectivity index (χ3n) is 0.838. The minimum absolute atomic E-state index is 0.196. The lowest BCUT2D eigenvalue weighted by Gasteiger charge is -2.01. The van der Waals surface area contributed by atoms with Crippen LogP contribution in [0.25, 0.3) is 0 Å². The fourth-order valence-corrected chi connectivity index (χ4v) is 0.667. The molecular weight excluding hydrogens is 160 g/mol. The fourth-order valence-electron chi connectivity index (χ4n) is 0.348. The molecule has 0 amide bonds. The Labute approximate surface area is 60.0 Å². The van der Waals surface area contributed by atoms with Crippen LogP contribution in [-0.2, 0) is 15.9 Å². The molecule has 0 aliphatic carbocycles. The summed E-state index contributed by atoms with van der Waals surface area (Å²) in [7, 11) is 0. The molecule has 3 N–H and O–H groups in total. The zero-order chi connectivity index (χ0) is 8.15. The van der Waals surface area contributed by atoms with E-state index in [0.29, 0.717) is 0 Å². The maximum absolute atomic E-state index is 9.98. The molecule has 0 radical (unpaired) electrons. The first kappa shape index (κ1) is 9.54. The van der Waals surface area contributed by atoms with Crippen LogP contribution in [-0.4, -0.2) is 30.4 Å². The molecule has 0 saturated carbocycles. The van der Waals surface area contributed by atoms with E-state index in [-0.39, 0.29) is 12.8 Å². The van der Waals surface area contributed by atoms with E-state index in [0.717, 1.165) is 0 Å². The van der Waals surface area contributed by atoms with Gasteiger partial charge in [-0.25, -0.2) is 4.21 Å². The lowest BCUT2D eigenvalue weighted by atomic mass is 10.3. The Bertz CT molecular complexity index is 145. The average molecular weight is 168 g/mol. The van der Waals surface area contributed by atoms with Crippen LogP contribution in [0.1, 0.15) is 12.8 Å². The second-order valence-corrected chi connectivity index (χ2v) is 2.76. The van der Waals surface area contributed by atoms with Crippen molar-refractivity contribution < 1.29 is 23.8 Å². The first-order valence-corrected chi connectivity index (χ1v) is 3.70. The molecule has 60 valence electrons. The molecule has 0 fully saturated rings. The smallest absolute Gasteiger partial charge is 0.303 e. The summed E-state index contributed by atoms with van der Waals surface area (Å²) in [5, 5.41) is 16.6. The highest BCUT2D eigenvalue weighted by Gasteiger charge is 2.11. The number of rotatable bonds is 4. The number of carboxylic acid groups (broad SMARTS) is 1. The molecule has 0 rings (SSSR count). The van der Waals surface area contributed by atoms with Gasteiger partial charge in [0.1, 0.15) is 0 Å². The third kappa shape index (κ3) is 4.42. The molecular formula is C4H8O5S. The Hall–Kier alpha value is -0.460. The normalized spacial score (nSPS) is 16.2. The van der Waals surface area contributed by atoms with Crippen LogP contribution in [0.2, 0.25) is 0 Å². The van der Waals surface area contributed by atoms with Gasteiger partial charge in [0.05, 0.1) is 0 Å². The predicted octanol–water partition coefficient (Wildman–Crippen LogP) is -0.609. The van der Waals surface area contributed by atoms with Crippen LogP contribution in [0.4, 0.5) is 0 Å². The van der Waals surface area contributed by atoms with Crippen molar-refractivity contribution in [2.24, 2.45) is 0 Å². The van der Waals surface area contributed by atoms with Gasteiger partial charge in [0.15, 0.2) is 16.5 Å². The van der Waals surface area contributed by atoms with Gasteiger partial charge in [0.25, 0.3) is 0 Å². The second kappa shape index (κ2) is 4.37. The van der Waals surface area contributed by atoms with E-state index in [2.05, 4.69) is 0 Å². The maximum atomic E-state index is 9.98. The van der Waals surface area contributed by atoms with Crippen LogP contribution < -0.4 is 0 Å². The van der Waals surface area contributed by atoms with Crippen molar-refractivity contribution >= 4 is 17.0 Å². The van der Waals surface area contributed by atoms with E-state index in [4.69, 9.17) is 14.8 Å². The van der Waals surface area contributed by atoms with E-state index >= 15 is 0 Å². The van der Waals surface area contributed by atoms with Crippen LogP contribution in [0.3, 0.4) is 0 Å². The number of hydrogen-bond acceptors (Lipinski definition) is 3. The van der Waals surface area contributed by atoms with E-state index in [1.165, 1.54) is 0 Å². The molecule has 5 nitrogen and oxygen atoms in total. The SMILES string of the molecule is O=C(O)CCC(O)S(=O)O. The molecule has 2 atom stereocenters. The number of aliphatic hydroxyl groups is 1. The average Bonchev–Trinajstić information content (AvgIpc) is 1.82. The highest BCUT2D eigenvalue weighted by molar-refractivity contribution is 7.79. The van der Waals surface area contributed by atoms with Crippen LogP contribution in [0, 0.1) is 0 Å². The molecule has 0 saturated heterocycles. The van der Waals surface area contributed by atoms with Crippen molar-refractivity contribution in [3.8, 4) is 0 Å². The van der Waals surface area contributed by atoms with Gasteiger partial charge in [-0.15, -0.1) is 0 Å². The van der Waals surface area contributed by atoms with Crippen LogP contribution in [0.15, 0.2) is 0 Å². The molecule has 10 heavy (non-hydrogen) atoms. The topological polar surface area (TPSA) is 94.8 Å². The van der Waals surface area contributed by atoms with Crippen LogP contribution in [0.5, 0.6) is 0 Å². The molecule has 0 aliphatic heterocycles. The Morgan fingerprint density at radius 1 is 1.60 bits per heavy atom. The summed E-state index contributed by atoms with van der Waals surface area (Å²) in [4.78, 5) is 9.83. The number of hydrogen-bond donors (Lipinski definition) is 3. The number of aliphatic hydroxyl groups excluding tert-OH is 1. The highest BCUT2D eigenvalue weighted by Crippen LogP contribution is 1.99. The van der Waals surface area contributed by atoms with Gasteiger partial charge in [0.2, 0.25) is 0 Å². The van der Waals surface area contributed by atoms with Gasteiger partial charge < -0.3 is 14.8 Å². The second-order valence-electron chi connectivity index (χ2n) is 1.66. The summed E-state index contributed by atoms with van der Waals surface area (Å²) < 4.78 is 18.1. The van der Waals surface area contributed by atoms with Crippen molar-refractivity contribution in [3.63, 3.8) is 0 Å². The van der Waals surface area contributed by atoms with Crippen molar-refractivity contribution in [2.75, 3.05) is 0 Å². The predicted molar refractivity (Wildman–Crippen MR) is 33.6 cm³/mol. The lowest BCUT2D eigenvalue weighted by molar-refractivity contribution is -0.137. The standard InChI is InChI=1S/C4H8O5S/c5-3(6)1-2-4(7)10(8)9/h4,7H,1-2H2,(H,5,6)(H,8,9). The lowest BCUT2D eigenvalue weighted by Crippen LogP contribution is -2.14. The zero-order valence-corrected chi connectivity index (χ0v) is 5.87. The summed E-state index contributed by atoms with van der Waals surface area (Å²) in [6.45, 7) is 0. The quantitative estimate of drug-likeness (QED) is 0.487. The van der Waals surface area contributed by atoms with Gasteiger partial charge in [-0.2, -0.15) is 0 Å². The van der Waals surface area contributed by atoms with Crippen molar-refractivity contribution in [3.05, 3.63) is 0 Å². The Balaban J connectivity index is 3.49. The van der Waals surface area contributed by atoms with Crippen molar-refractivity contribution in [1.29, 1.82) is 0 Å². The molecule has 0 aromatic heterocycles. The van der Waals surface area contributed by atoms with E-state index in [1.807, 2.05) is 0 Å². The number of carboxylic acids is 1. The molecule has 0 spiro atoms. The Morgan fingerprint density at radius 3 is 2.40 bits per heavy atom. The van der Waals surface area contributed by atoms with Gasteiger partial charge in [-0.1, -0.05) is 0 Å². The van der Waals surface area contributed by atoms with Gasteiger partial charge >= 0.3 is 5.97 Å². The van der Waals surface area contributed by atoms with Crippen molar-refractivity contribution in [1.82, 2.24) is 0 Å².